The molecular formula is C11H11ClN4O2. The van der Waals surface area contributed by atoms with Crippen molar-refractivity contribution in [1.82, 2.24) is 10.3 Å². The monoisotopic (exact) mass is 266 g/mol. The number of rotatable bonds is 5. The molecule has 0 atom stereocenters. The van der Waals surface area contributed by atoms with Crippen LogP contribution in [-0.2, 0) is 4.79 Å². The highest BCUT2D eigenvalue weighted by Crippen LogP contribution is 2.12. The number of carboxylic acid groups (broad SMARTS) is 1. The van der Waals surface area contributed by atoms with Crippen molar-refractivity contribution in [1.29, 1.82) is 5.41 Å². The van der Waals surface area contributed by atoms with Crippen LogP contribution in [0.25, 0.3) is 5.70 Å². The number of pyridine rings is 1. The molecule has 0 aliphatic rings. The fraction of sp³-hybridized carbons (Fsp3) is 0. The van der Waals surface area contributed by atoms with Crippen LogP contribution in [0.4, 0.5) is 0 Å². The zero-order valence-corrected chi connectivity index (χ0v) is 10.0. The first-order valence-electron chi connectivity index (χ1n) is 4.78. The van der Waals surface area contributed by atoms with E-state index in [4.69, 9.17) is 27.9 Å². The second-order valence-electron chi connectivity index (χ2n) is 3.23. The topological polar surface area (TPSA) is 112 Å². The molecule has 18 heavy (non-hydrogen) atoms. The van der Waals surface area contributed by atoms with Crippen LogP contribution in [0.15, 0.2) is 41.7 Å². The Morgan fingerprint density at radius 3 is 2.67 bits per heavy atom. The first kappa shape index (κ1) is 13.7. The minimum Gasteiger partial charge on any atom is -0.477 e. The third-order valence-electron chi connectivity index (χ3n) is 1.92. The average Bonchev–Trinajstić information content (AvgIpc) is 2.35. The maximum atomic E-state index is 11.0. The van der Waals surface area contributed by atoms with Crippen LogP contribution >= 0.6 is 11.6 Å². The molecule has 1 rings (SSSR count). The number of aliphatic carboxylic acids is 1. The number of hydrogen-bond donors (Lipinski definition) is 4. The molecule has 0 aliphatic heterocycles. The van der Waals surface area contributed by atoms with Crippen LogP contribution in [0.1, 0.15) is 5.69 Å². The van der Waals surface area contributed by atoms with Crippen LogP contribution in [0.2, 0.25) is 0 Å². The third-order valence-corrected chi connectivity index (χ3v) is 2.31. The lowest BCUT2D eigenvalue weighted by Gasteiger charge is -2.11. The number of nitrogens with two attached hydrogens (primary N) is 1. The summed E-state index contributed by atoms with van der Waals surface area (Å²) in [5.74, 6) is -1.89. The lowest BCUT2D eigenvalue weighted by atomic mass is 10.2. The zero-order valence-electron chi connectivity index (χ0n) is 9.27. The van der Waals surface area contributed by atoms with Crippen molar-refractivity contribution in [3.8, 4) is 0 Å². The first-order chi connectivity index (χ1) is 8.43. The minimum absolute atomic E-state index is 0.243. The van der Waals surface area contributed by atoms with Crippen molar-refractivity contribution in [2.75, 3.05) is 0 Å². The second-order valence-corrected chi connectivity index (χ2v) is 3.60. The van der Waals surface area contributed by atoms with Gasteiger partial charge < -0.3 is 16.2 Å². The summed E-state index contributed by atoms with van der Waals surface area (Å²) in [5.41, 5.74) is 5.42. The van der Waals surface area contributed by atoms with Crippen LogP contribution in [0.3, 0.4) is 0 Å². The number of carboxylic acids is 1. The third kappa shape index (κ3) is 3.33. The van der Waals surface area contributed by atoms with E-state index in [0.29, 0.717) is 5.69 Å². The minimum atomic E-state index is -1.34. The number of carbonyl (C=O) groups is 1. The molecule has 0 aliphatic carbocycles. The Labute approximate surface area is 108 Å². The Morgan fingerprint density at radius 2 is 2.22 bits per heavy atom. The molecule has 0 fully saturated rings. The number of aromatic nitrogens is 1. The molecule has 0 amide bonds. The van der Waals surface area contributed by atoms with Gasteiger partial charge in [0.25, 0.3) is 0 Å². The van der Waals surface area contributed by atoms with Crippen LogP contribution in [0.5, 0.6) is 0 Å². The van der Waals surface area contributed by atoms with Gasteiger partial charge in [0.15, 0.2) is 0 Å². The number of hydrogen-bond acceptors (Lipinski definition) is 4. The fourth-order valence-corrected chi connectivity index (χ4v) is 1.22. The Balaban J connectivity index is 3.01. The van der Waals surface area contributed by atoms with Gasteiger partial charge in [-0.05, 0) is 12.1 Å². The molecule has 5 N–H and O–H groups in total. The second kappa shape index (κ2) is 5.83. The summed E-state index contributed by atoms with van der Waals surface area (Å²) in [4.78, 5) is 15.0. The molecule has 1 aromatic heterocycles. The summed E-state index contributed by atoms with van der Waals surface area (Å²) in [5, 5.41) is 18.2. The van der Waals surface area contributed by atoms with Crippen molar-refractivity contribution >= 4 is 29.1 Å². The molecule has 0 aromatic carbocycles. The Bertz CT molecular complexity index is 525. The van der Waals surface area contributed by atoms with E-state index in [1.165, 1.54) is 0 Å². The quantitative estimate of drug-likeness (QED) is 0.362. The molecule has 1 heterocycles. The zero-order chi connectivity index (χ0) is 13.7. The number of nitrogens with zero attached hydrogens (tertiary/aromatic N) is 1. The van der Waals surface area contributed by atoms with E-state index in [2.05, 4.69) is 16.9 Å². The average molecular weight is 267 g/mol. The summed E-state index contributed by atoms with van der Waals surface area (Å²) in [7, 11) is 0. The van der Waals surface area contributed by atoms with Crippen molar-refractivity contribution in [2.24, 2.45) is 5.73 Å². The Morgan fingerprint density at radius 1 is 1.56 bits per heavy atom. The lowest BCUT2D eigenvalue weighted by Crippen LogP contribution is -2.24. The molecule has 0 spiro atoms. The van der Waals surface area contributed by atoms with Crippen LogP contribution in [-0.4, -0.2) is 21.9 Å². The van der Waals surface area contributed by atoms with E-state index in [1.54, 1.807) is 24.4 Å². The summed E-state index contributed by atoms with van der Waals surface area (Å²) in [6.07, 6.45) is 1.54. The van der Waals surface area contributed by atoms with E-state index in [0.717, 1.165) is 0 Å². The van der Waals surface area contributed by atoms with Gasteiger partial charge in [-0.1, -0.05) is 24.2 Å². The normalized spacial score (nSPS) is 11.4. The first-order valence-corrected chi connectivity index (χ1v) is 5.16. The Kier molecular flexibility index (Phi) is 4.45. The van der Waals surface area contributed by atoms with Crippen molar-refractivity contribution in [3.05, 3.63) is 47.4 Å². The highest BCUT2D eigenvalue weighted by molar-refractivity contribution is 6.44. The van der Waals surface area contributed by atoms with Gasteiger partial charge in [-0.15, -0.1) is 0 Å². The van der Waals surface area contributed by atoms with Crippen LogP contribution < -0.4 is 11.1 Å². The van der Waals surface area contributed by atoms with Gasteiger partial charge in [-0.2, -0.15) is 0 Å². The highest BCUT2D eigenvalue weighted by Gasteiger charge is 2.16. The summed E-state index contributed by atoms with van der Waals surface area (Å²) in [6.45, 7) is 3.65. The van der Waals surface area contributed by atoms with Gasteiger partial charge in [0.1, 0.15) is 16.6 Å². The molecule has 94 valence electrons. The van der Waals surface area contributed by atoms with Crippen molar-refractivity contribution < 1.29 is 9.90 Å². The van der Waals surface area contributed by atoms with Crippen molar-refractivity contribution in [2.45, 2.75) is 0 Å². The Hall–Kier alpha value is -2.34. The van der Waals surface area contributed by atoms with E-state index >= 15 is 0 Å². The molecule has 0 saturated carbocycles. The molecule has 0 radical (unpaired) electrons. The summed E-state index contributed by atoms with van der Waals surface area (Å²) < 4.78 is 0. The lowest BCUT2D eigenvalue weighted by molar-refractivity contribution is -0.132. The van der Waals surface area contributed by atoms with Gasteiger partial charge in [-0.3, -0.25) is 10.4 Å². The van der Waals surface area contributed by atoms with E-state index in [1.807, 2.05) is 0 Å². The van der Waals surface area contributed by atoms with Crippen LogP contribution in [0, 0.1) is 5.41 Å². The number of nitrogens with one attached hydrogen (secondary N) is 2. The van der Waals surface area contributed by atoms with Gasteiger partial charge in [-0.25, -0.2) is 4.79 Å². The largest absolute Gasteiger partial charge is 0.477 e. The van der Waals surface area contributed by atoms with E-state index < -0.39 is 17.5 Å². The van der Waals surface area contributed by atoms with Gasteiger partial charge >= 0.3 is 5.97 Å². The SMILES string of the molecule is C=C(NC(C(=O)O)=C(Cl)C(=N)N)c1ccccn1. The molecule has 0 saturated heterocycles. The molecule has 0 bridgehead atoms. The maximum absolute atomic E-state index is 11.0. The van der Waals surface area contributed by atoms with Gasteiger partial charge in [0, 0.05) is 6.20 Å². The van der Waals surface area contributed by atoms with E-state index in [-0.39, 0.29) is 10.7 Å². The smallest absolute Gasteiger partial charge is 0.354 e. The predicted molar refractivity (Wildman–Crippen MR) is 68.8 cm³/mol. The van der Waals surface area contributed by atoms with Crippen molar-refractivity contribution in [3.63, 3.8) is 0 Å². The molecular weight excluding hydrogens is 256 g/mol. The number of amidine groups is 1. The van der Waals surface area contributed by atoms with Gasteiger partial charge in [0.05, 0.1) is 11.4 Å². The summed E-state index contributed by atoms with van der Waals surface area (Å²) in [6, 6.07) is 5.09. The standard InChI is InChI=1S/C11H11ClN4O2/c1-6(7-4-2-3-5-15-7)16-9(11(17)18)8(12)10(13)14/h2-5,16H,1H2,(H3,13,14)(H,17,18). The molecule has 7 heteroatoms. The summed E-state index contributed by atoms with van der Waals surface area (Å²) >= 11 is 5.63. The number of halogens is 1. The fourth-order valence-electron chi connectivity index (χ4n) is 1.09. The molecule has 0 unspecified atom stereocenters. The maximum Gasteiger partial charge on any atom is 0.354 e. The highest BCUT2D eigenvalue weighted by atomic mass is 35.5. The molecule has 1 aromatic rings. The van der Waals surface area contributed by atoms with Gasteiger partial charge in [0.2, 0.25) is 0 Å². The molecule has 6 nitrogen and oxygen atoms in total. The van der Waals surface area contributed by atoms with E-state index in [9.17, 15) is 4.79 Å². The predicted octanol–water partition coefficient (Wildman–Crippen LogP) is 1.11.